The monoisotopic (exact) mass is 383 g/mol. The third kappa shape index (κ3) is 4.32. The van der Waals surface area contributed by atoms with Crippen molar-refractivity contribution in [3.05, 3.63) is 36.7 Å². The molecule has 4 rings (SSSR count). The molecule has 1 unspecified atom stereocenters. The van der Waals surface area contributed by atoms with Gasteiger partial charge in [-0.05, 0) is 49.7 Å². The van der Waals surface area contributed by atoms with Crippen molar-refractivity contribution in [2.45, 2.75) is 52.2 Å². The van der Waals surface area contributed by atoms with Gasteiger partial charge < -0.3 is 14.8 Å². The molecule has 1 aromatic heterocycles. The first-order chi connectivity index (χ1) is 13.6. The molecule has 150 valence electrons. The maximum atomic E-state index is 12.6. The highest BCUT2D eigenvalue weighted by atomic mass is 16.6. The van der Waals surface area contributed by atoms with Gasteiger partial charge in [0.05, 0.1) is 18.4 Å². The van der Waals surface area contributed by atoms with Gasteiger partial charge in [-0.15, -0.1) is 0 Å². The van der Waals surface area contributed by atoms with E-state index in [9.17, 15) is 4.79 Å². The lowest BCUT2D eigenvalue weighted by atomic mass is 9.77. The predicted octanol–water partition coefficient (Wildman–Crippen LogP) is 4.12. The summed E-state index contributed by atoms with van der Waals surface area (Å²) in [4.78, 5) is 12.6. The van der Waals surface area contributed by atoms with E-state index in [1.165, 1.54) is 0 Å². The van der Waals surface area contributed by atoms with E-state index in [0.29, 0.717) is 19.1 Å². The molecule has 2 aromatic rings. The SMILES string of the molecule is CC(C)C1CCC(C(=O)Nc2cnn(CC3COc4ccccc4O3)c2)CC1. The Kier molecular flexibility index (Phi) is 5.55. The number of rotatable bonds is 5. The van der Waals surface area contributed by atoms with Gasteiger partial charge in [0.25, 0.3) is 0 Å². The van der Waals surface area contributed by atoms with Crippen LogP contribution in [0.25, 0.3) is 0 Å². The molecule has 1 saturated carbocycles. The first-order valence-electron chi connectivity index (χ1n) is 10.3. The molecule has 28 heavy (non-hydrogen) atoms. The highest BCUT2D eigenvalue weighted by Crippen LogP contribution is 2.34. The van der Waals surface area contributed by atoms with Gasteiger partial charge in [0.15, 0.2) is 17.6 Å². The van der Waals surface area contributed by atoms with Crippen molar-refractivity contribution in [3.8, 4) is 11.5 Å². The van der Waals surface area contributed by atoms with Gasteiger partial charge in [-0.3, -0.25) is 9.48 Å². The van der Waals surface area contributed by atoms with Crippen LogP contribution in [0.2, 0.25) is 0 Å². The number of carbonyl (C=O) groups excluding carboxylic acids is 1. The van der Waals surface area contributed by atoms with Crippen LogP contribution in [-0.4, -0.2) is 28.4 Å². The smallest absolute Gasteiger partial charge is 0.227 e. The number of hydrogen-bond donors (Lipinski definition) is 1. The summed E-state index contributed by atoms with van der Waals surface area (Å²) in [5.41, 5.74) is 0.744. The van der Waals surface area contributed by atoms with Crippen LogP contribution in [0.5, 0.6) is 11.5 Å². The van der Waals surface area contributed by atoms with Gasteiger partial charge in [-0.25, -0.2) is 0 Å². The molecule has 1 fully saturated rings. The van der Waals surface area contributed by atoms with Crippen LogP contribution in [-0.2, 0) is 11.3 Å². The van der Waals surface area contributed by atoms with Crippen molar-refractivity contribution in [2.75, 3.05) is 11.9 Å². The van der Waals surface area contributed by atoms with E-state index in [1.807, 2.05) is 30.5 Å². The zero-order valence-corrected chi connectivity index (χ0v) is 16.6. The Morgan fingerprint density at radius 3 is 2.71 bits per heavy atom. The third-order valence-corrected chi connectivity index (χ3v) is 5.94. The number of carbonyl (C=O) groups is 1. The number of amides is 1. The molecule has 0 radical (unpaired) electrons. The van der Waals surface area contributed by atoms with E-state index < -0.39 is 0 Å². The number of aromatic nitrogens is 2. The summed E-state index contributed by atoms with van der Waals surface area (Å²) in [7, 11) is 0. The summed E-state index contributed by atoms with van der Waals surface area (Å²) in [6, 6.07) is 7.67. The molecule has 0 saturated heterocycles. The summed E-state index contributed by atoms with van der Waals surface area (Å²) in [5.74, 6) is 3.24. The van der Waals surface area contributed by atoms with Crippen molar-refractivity contribution < 1.29 is 14.3 Å². The lowest BCUT2D eigenvalue weighted by Gasteiger charge is -2.30. The molecule has 2 heterocycles. The minimum atomic E-state index is -0.107. The van der Waals surface area contributed by atoms with Crippen LogP contribution in [0.1, 0.15) is 39.5 Å². The Morgan fingerprint density at radius 2 is 1.96 bits per heavy atom. The van der Waals surface area contributed by atoms with E-state index in [1.54, 1.807) is 10.9 Å². The second-order valence-electron chi connectivity index (χ2n) is 8.29. The van der Waals surface area contributed by atoms with Crippen molar-refractivity contribution >= 4 is 11.6 Å². The fraction of sp³-hybridized carbons (Fsp3) is 0.545. The second-order valence-corrected chi connectivity index (χ2v) is 8.29. The van der Waals surface area contributed by atoms with Gasteiger partial charge in [0.2, 0.25) is 5.91 Å². The zero-order valence-electron chi connectivity index (χ0n) is 16.6. The second kappa shape index (κ2) is 8.25. The highest BCUT2D eigenvalue weighted by molar-refractivity contribution is 5.92. The minimum absolute atomic E-state index is 0.107. The normalized spacial score (nSPS) is 24.2. The average molecular weight is 383 g/mol. The van der Waals surface area contributed by atoms with Gasteiger partial charge in [0, 0.05) is 12.1 Å². The summed E-state index contributed by atoms with van der Waals surface area (Å²) >= 11 is 0. The molecule has 1 atom stereocenters. The Labute approximate surface area is 166 Å². The molecule has 1 amide bonds. The third-order valence-electron chi connectivity index (χ3n) is 5.94. The summed E-state index contributed by atoms with van der Waals surface area (Å²) < 4.78 is 13.5. The van der Waals surface area contributed by atoms with Crippen LogP contribution >= 0.6 is 0 Å². The first-order valence-corrected chi connectivity index (χ1v) is 10.3. The fourth-order valence-corrected chi connectivity index (χ4v) is 4.18. The minimum Gasteiger partial charge on any atom is -0.486 e. The van der Waals surface area contributed by atoms with Gasteiger partial charge in [-0.1, -0.05) is 26.0 Å². The Bertz CT molecular complexity index is 809. The van der Waals surface area contributed by atoms with Gasteiger partial charge in [0.1, 0.15) is 6.61 Å². The van der Waals surface area contributed by atoms with E-state index in [2.05, 4.69) is 24.3 Å². The Morgan fingerprint density at radius 1 is 1.21 bits per heavy atom. The maximum Gasteiger partial charge on any atom is 0.227 e. The van der Waals surface area contributed by atoms with Crippen LogP contribution in [0.4, 0.5) is 5.69 Å². The van der Waals surface area contributed by atoms with Crippen molar-refractivity contribution in [2.24, 2.45) is 17.8 Å². The van der Waals surface area contributed by atoms with Crippen LogP contribution < -0.4 is 14.8 Å². The summed E-state index contributed by atoms with van der Waals surface area (Å²) in [5, 5.41) is 7.40. The van der Waals surface area contributed by atoms with Crippen LogP contribution in [0, 0.1) is 17.8 Å². The lowest BCUT2D eigenvalue weighted by molar-refractivity contribution is -0.121. The number of fused-ring (bicyclic) bond motifs is 1. The molecule has 6 nitrogen and oxygen atoms in total. The van der Waals surface area contributed by atoms with Gasteiger partial charge in [-0.2, -0.15) is 5.10 Å². The Hall–Kier alpha value is -2.50. The molecular formula is C22H29N3O3. The molecule has 1 aromatic carbocycles. The van der Waals surface area contributed by atoms with E-state index >= 15 is 0 Å². The van der Waals surface area contributed by atoms with E-state index in [-0.39, 0.29) is 17.9 Å². The number of para-hydroxylation sites is 2. The molecule has 0 spiro atoms. The first kappa shape index (κ1) is 18.8. The number of benzene rings is 1. The average Bonchev–Trinajstić information content (AvgIpc) is 3.14. The summed E-state index contributed by atoms with van der Waals surface area (Å²) in [6.07, 6.45) is 7.72. The molecule has 1 aliphatic carbocycles. The number of ether oxygens (including phenoxy) is 2. The van der Waals surface area contributed by atoms with Crippen molar-refractivity contribution in [3.63, 3.8) is 0 Å². The number of anilines is 1. The number of nitrogens with zero attached hydrogens (tertiary/aromatic N) is 2. The molecule has 2 aliphatic rings. The number of hydrogen-bond acceptors (Lipinski definition) is 4. The molecule has 1 N–H and O–H groups in total. The maximum absolute atomic E-state index is 12.6. The quantitative estimate of drug-likeness (QED) is 0.843. The largest absolute Gasteiger partial charge is 0.486 e. The fourth-order valence-electron chi connectivity index (χ4n) is 4.18. The van der Waals surface area contributed by atoms with E-state index in [0.717, 1.165) is 48.8 Å². The molecular weight excluding hydrogens is 354 g/mol. The topological polar surface area (TPSA) is 65.4 Å². The van der Waals surface area contributed by atoms with E-state index in [4.69, 9.17) is 9.47 Å². The molecule has 6 heteroatoms. The predicted molar refractivity (Wildman–Crippen MR) is 107 cm³/mol. The van der Waals surface area contributed by atoms with Crippen molar-refractivity contribution in [1.29, 1.82) is 0 Å². The van der Waals surface area contributed by atoms with Crippen LogP contribution in [0.15, 0.2) is 36.7 Å². The van der Waals surface area contributed by atoms with Crippen LogP contribution in [0.3, 0.4) is 0 Å². The Balaban J connectivity index is 1.28. The standard InChI is InChI=1S/C22H29N3O3/c1-15(2)16-7-9-17(10-8-16)22(26)24-18-11-23-25(12-18)13-19-14-27-20-5-3-4-6-21(20)28-19/h3-6,11-12,15-17,19H,7-10,13-14H2,1-2H3,(H,24,26). The van der Waals surface area contributed by atoms with Gasteiger partial charge >= 0.3 is 0 Å². The number of nitrogens with one attached hydrogen (secondary N) is 1. The highest BCUT2D eigenvalue weighted by Gasteiger charge is 2.28. The lowest BCUT2D eigenvalue weighted by Crippen LogP contribution is -2.33. The summed E-state index contributed by atoms with van der Waals surface area (Å²) in [6.45, 7) is 5.61. The zero-order chi connectivity index (χ0) is 19.5. The molecule has 0 bridgehead atoms. The molecule has 1 aliphatic heterocycles. The van der Waals surface area contributed by atoms with Crippen molar-refractivity contribution in [1.82, 2.24) is 9.78 Å².